The van der Waals surface area contributed by atoms with E-state index in [1.54, 1.807) is 9.80 Å². The standard InChI is InChI=1S/C27H32N2O5S/c1-5-18(15-30)29-22-24(32)28(21-16(2)9-6-10-17(21)3)13-7-12-27(22)19(23(29)31)20-25(33)34-14-8-11-26(20,4)35-27/h6-12,18-20,22,30H,5,13-15H2,1-4H3/t18-,19-,20-,22?,26+,27-/m0/s1. The third-order valence-corrected chi connectivity index (χ3v) is 9.83. The van der Waals surface area contributed by atoms with Crippen LogP contribution in [0.4, 0.5) is 5.69 Å². The van der Waals surface area contributed by atoms with Crippen LogP contribution in [-0.4, -0.2) is 69.1 Å². The van der Waals surface area contributed by atoms with Gasteiger partial charge in [0.25, 0.3) is 5.91 Å². The molecule has 186 valence electrons. The minimum atomic E-state index is -0.942. The molecule has 4 heterocycles. The van der Waals surface area contributed by atoms with Gasteiger partial charge in [-0.2, -0.15) is 0 Å². The molecule has 35 heavy (non-hydrogen) atoms. The molecular formula is C27H32N2O5S. The number of carbonyl (C=O) groups excluding carboxylic acids is 3. The van der Waals surface area contributed by atoms with Crippen LogP contribution in [-0.2, 0) is 19.1 Å². The highest BCUT2D eigenvalue weighted by Gasteiger charge is 2.74. The summed E-state index contributed by atoms with van der Waals surface area (Å²) in [5, 5.41) is 10.2. The number of rotatable bonds is 4. The van der Waals surface area contributed by atoms with E-state index in [-0.39, 0.29) is 25.0 Å². The summed E-state index contributed by atoms with van der Waals surface area (Å²) >= 11 is 1.52. The molecule has 6 atom stereocenters. The Morgan fingerprint density at radius 1 is 1.11 bits per heavy atom. The highest BCUT2D eigenvalue weighted by atomic mass is 32.2. The normalized spacial score (nSPS) is 34.8. The summed E-state index contributed by atoms with van der Waals surface area (Å²) in [5.74, 6) is -2.32. The van der Waals surface area contributed by atoms with Crippen molar-refractivity contribution in [3.8, 4) is 0 Å². The quantitative estimate of drug-likeness (QED) is 0.510. The lowest BCUT2D eigenvalue weighted by atomic mass is 9.75. The third kappa shape index (κ3) is 3.33. The second-order valence-electron chi connectivity index (χ2n) is 10.1. The van der Waals surface area contributed by atoms with E-state index in [9.17, 15) is 19.5 Å². The number of fused-ring (bicyclic) bond motifs is 2. The van der Waals surface area contributed by atoms with Gasteiger partial charge in [0.15, 0.2) is 0 Å². The van der Waals surface area contributed by atoms with E-state index >= 15 is 0 Å². The van der Waals surface area contributed by atoms with Crippen molar-refractivity contribution in [2.45, 2.75) is 55.7 Å². The Kier molecular flexibility index (Phi) is 5.87. The molecule has 1 unspecified atom stereocenters. The van der Waals surface area contributed by atoms with Crippen LogP contribution in [0, 0.1) is 25.7 Å². The summed E-state index contributed by atoms with van der Waals surface area (Å²) in [7, 11) is 0. The maximum absolute atomic E-state index is 14.5. The van der Waals surface area contributed by atoms with E-state index < -0.39 is 39.4 Å². The van der Waals surface area contributed by atoms with Gasteiger partial charge in [-0.05, 0) is 44.4 Å². The highest BCUT2D eigenvalue weighted by molar-refractivity contribution is 8.02. The van der Waals surface area contributed by atoms with Crippen LogP contribution < -0.4 is 4.90 Å². The van der Waals surface area contributed by atoms with Crippen LogP contribution in [0.15, 0.2) is 42.5 Å². The number of likely N-dealkylation sites (tertiary alicyclic amines) is 1. The van der Waals surface area contributed by atoms with Crippen LogP contribution >= 0.6 is 11.8 Å². The summed E-state index contributed by atoms with van der Waals surface area (Å²) in [4.78, 5) is 45.2. The average molecular weight is 497 g/mol. The summed E-state index contributed by atoms with van der Waals surface area (Å²) in [6.07, 6.45) is 8.24. The largest absolute Gasteiger partial charge is 0.461 e. The van der Waals surface area contributed by atoms with E-state index in [1.165, 1.54) is 11.8 Å². The van der Waals surface area contributed by atoms with Crippen molar-refractivity contribution in [2.75, 3.05) is 24.7 Å². The Morgan fingerprint density at radius 3 is 2.49 bits per heavy atom. The smallest absolute Gasteiger partial charge is 0.311 e. The molecule has 0 aromatic heterocycles. The van der Waals surface area contributed by atoms with Crippen LogP contribution in [0.25, 0.3) is 0 Å². The predicted octanol–water partition coefficient (Wildman–Crippen LogP) is 2.78. The number of ether oxygens (including phenoxy) is 1. The zero-order valence-electron chi connectivity index (χ0n) is 20.6. The summed E-state index contributed by atoms with van der Waals surface area (Å²) < 4.78 is 3.84. The molecular weight excluding hydrogens is 464 g/mol. The molecule has 2 saturated heterocycles. The number of anilines is 1. The summed E-state index contributed by atoms with van der Waals surface area (Å²) in [6.45, 7) is 8.11. The Balaban J connectivity index is 1.71. The number of carbonyl (C=O) groups is 3. The molecule has 8 heteroatoms. The van der Waals surface area contributed by atoms with Gasteiger partial charge in [0.05, 0.1) is 29.2 Å². The molecule has 4 aliphatic heterocycles. The molecule has 0 radical (unpaired) electrons. The van der Waals surface area contributed by atoms with Gasteiger partial charge < -0.3 is 19.6 Å². The van der Waals surface area contributed by atoms with Crippen LogP contribution in [0.2, 0.25) is 0 Å². The fraction of sp³-hybridized carbons (Fsp3) is 0.519. The molecule has 1 N–H and O–H groups in total. The number of esters is 1. The van der Waals surface area contributed by atoms with Crippen molar-refractivity contribution in [3.63, 3.8) is 0 Å². The summed E-state index contributed by atoms with van der Waals surface area (Å²) in [5.41, 5.74) is 2.80. The van der Waals surface area contributed by atoms with Crippen molar-refractivity contribution in [2.24, 2.45) is 11.8 Å². The first-order chi connectivity index (χ1) is 16.7. The number of aliphatic hydroxyl groups is 1. The van der Waals surface area contributed by atoms with Crippen molar-refractivity contribution in [3.05, 3.63) is 53.6 Å². The lowest BCUT2D eigenvalue weighted by Gasteiger charge is -2.39. The summed E-state index contributed by atoms with van der Waals surface area (Å²) in [6, 6.07) is 4.56. The van der Waals surface area contributed by atoms with Crippen molar-refractivity contribution in [1.29, 1.82) is 0 Å². The average Bonchev–Trinajstić information content (AvgIpc) is 3.07. The number of nitrogens with zero attached hydrogens (tertiary/aromatic N) is 2. The van der Waals surface area contributed by atoms with Gasteiger partial charge in [0, 0.05) is 17.0 Å². The Bertz CT molecular complexity index is 1120. The molecule has 7 nitrogen and oxygen atoms in total. The molecule has 1 spiro atoms. The van der Waals surface area contributed by atoms with E-state index in [4.69, 9.17) is 4.74 Å². The molecule has 1 aromatic carbocycles. The second kappa shape index (κ2) is 8.52. The van der Waals surface area contributed by atoms with Crippen LogP contribution in [0.3, 0.4) is 0 Å². The Morgan fingerprint density at radius 2 is 1.83 bits per heavy atom. The topological polar surface area (TPSA) is 87.2 Å². The minimum absolute atomic E-state index is 0.176. The maximum atomic E-state index is 14.5. The van der Waals surface area contributed by atoms with Gasteiger partial charge in [-0.3, -0.25) is 14.4 Å². The van der Waals surface area contributed by atoms with Crippen molar-refractivity contribution in [1.82, 2.24) is 4.90 Å². The van der Waals surface area contributed by atoms with Gasteiger partial charge in [-0.15, -0.1) is 11.8 Å². The SMILES string of the molecule is CC[C@@H](CO)N1C(=O)[C@@H]2[C@H]3C(=O)OCC=C[C@@]3(C)S[C@@]23C=CCN(c2c(C)cccc2C)C(=O)C13. The fourth-order valence-electron chi connectivity index (χ4n) is 6.53. The number of aliphatic hydroxyl groups excluding tert-OH is 1. The monoisotopic (exact) mass is 496 g/mol. The highest BCUT2D eigenvalue weighted by Crippen LogP contribution is 2.65. The molecule has 2 fully saturated rings. The van der Waals surface area contributed by atoms with Gasteiger partial charge >= 0.3 is 5.97 Å². The van der Waals surface area contributed by atoms with Crippen molar-refractivity contribution >= 4 is 35.2 Å². The number of hydrogen-bond donors (Lipinski definition) is 1. The van der Waals surface area contributed by atoms with E-state index in [1.807, 2.05) is 70.2 Å². The molecule has 0 aliphatic carbocycles. The minimum Gasteiger partial charge on any atom is -0.461 e. The first-order valence-electron chi connectivity index (χ1n) is 12.2. The maximum Gasteiger partial charge on any atom is 0.311 e. The van der Waals surface area contributed by atoms with E-state index in [0.717, 1.165) is 16.8 Å². The van der Waals surface area contributed by atoms with Gasteiger partial charge in [0.1, 0.15) is 12.6 Å². The number of amides is 2. The third-order valence-electron chi connectivity index (χ3n) is 8.04. The zero-order chi connectivity index (χ0) is 25.1. The lowest BCUT2D eigenvalue weighted by Crippen LogP contribution is -2.57. The number of cyclic esters (lactones) is 1. The lowest BCUT2D eigenvalue weighted by molar-refractivity contribution is -0.153. The molecule has 5 rings (SSSR count). The van der Waals surface area contributed by atoms with Crippen molar-refractivity contribution < 1.29 is 24.2 Å². The van der Waals surface area contributed by atoms with E-state index in [0.29, 0.717) is 13.0 Å². The van der Waals surface area contributed by atoms with Crippen LogP contribution in [0.1, 0.15) is 31.4 Å². The number of aryl methyl sites for hydroxylation is 2. The number of benzene rings is 1. The van der Waals surface area contributed by atoms with E-state index in [2.05, 4.69) is 0 Å². The predicted molar refractivity (Wildman–Crippen MR) is 135 cm³/mol. The molecule has 0 saturated carbocycles. The number of para-hydroxylation sites is 1. The first kappa shape index (κ1) is 24.1. The van der Waals surface area contributed by atoms with Gasteiger partial charge in [-0.1, -0.05) is 43.4 Å². The Hall–Kier alpha value is -2.58. The second-order valence-corrected chi connectivity index (χ2v) is 11.9. The number of hydrogen-bond acceptors (Lipinski definition) is 6. The molecule has 2 amide bonds. The van der Waals surface area contributed by atoms with Gasteiger partial charge in [-0.25, -0.2) is 0 Å². The molecule has 0 bridgehead atoms. The Labute approximate surface area is 210 Å². The van der Waals surface area contributed by atoms with Crippen LogP contribution in [0.5, 0.6) is 0 Å². The number of thioether (sulfide) groups is 1. The molecule has 4 aliphatic rings. The fourth-order valence-corrected chi connectivity index (χ4v) is 8.67. The zero-order valence-corrected chi connectivity index (χ0v) is 21.4. The molecule has 1 aromatic rings. The first-order valence-corrected chi connectivity index (χ1v) is 13.0. The van der Waals surface area contributed by atoms with Gasteiger partial charge in [0.2, 0.25) is 5.91 Å².